The van der Waals surface area contributed by atoms with E-state index in [9.17, 15) is 18.0 Å². The van der Waals surface area contributed by atoms with Crippen molar-refractivity contribution in [3.63, 3.8) is 0 Å². The van der Waals surface area contributed by atoms with Crippen LogP contribution in [0.25, 0.3) is 0 Å². The first-order chi connectivity index (χ1) is 10.8. The van der Waals surface area contributed by atoms with Crippen LogP contribution in [0.1, 0.15) is 12.8 Å². The predicted octanol–water partition coefficient (Wildman–Crippen LogP) is 0.0196. The average molecular weight is 339 g/mol. The smallest absolute Gasteiger partial charge is 0.326 e. The number of carboxylic acids is 1. The minimum atomic E-state index is -3.45. The molecule has 0 saturated heterocycles. The Morgan fingerprint density at radius 2 is 2.22 bits per heavy atom. The van der Waals surface area contributed by atoms with E-state index < -0.39 is 27.9 Å². The topological polar surface area (TPSA) is 116 Å². The van der Waals surface area contributed by atoms with Crippen molar-refractivity contribution in [3.8, 4) is 0 Å². The van der Waals surface area contributed by atoms with E-state index >= 15 is 0 Å². The molecule has 0 saturated carbocycles. The van der Waals surface area contributed by atoms with Crippen LogP contribution in [-0.2, 0) is 19.6 Å². The van der Waals surface area contributed by atoms with E-state index in [0.29, 0.717) is 6.42 Å². The Hall–Kier alpha value is -2.42. The molecule has 2 aliphatic rings. The van der Waals surface area contributed by atoms with Gasteiger partial charge in [-0.05, 0) is 25.0 Å². The quantitative estimate of drug-likeness (QED) is 0.659. The molecule has 0 aromatic carbocycles. The highest BCUT2D eigenvalue weighted by Crippen LogP contribution is 2.16. The number of rotatable bonds is 6. The number of carboxylic acid groups (broad SMARTS) is 1. The second-order valence-electron chi connectivity index (χ2n) is 5.08. The average Bonchev–Trinajstić information content (AvgIpc) is 2.49. The monoisotopic (exact) mass is 339 g/mol. The minimum absolute atomic E-state index is 0.132. The van der Waals surface area contributed by atoms with Crippen molar-refractivity contribution >= 4 is 27.7 Å². The zero-order chi connectivity index (χ0) is 17.0. The molecule has 0 radical (unpaired) electrons. The molecule has 2 rings (SSSR count). The van der Waals surface area contributed by atoms with Crippen LogP contribution in [-0.4, -0.2) is 54.5 Å². The third-order valence-corrected chi connectivity index (χ3v) is 4.51. The number of hydrogen-bond acceptors (Lipinski definition) is 5. The fourth-order valence-electron chi connectivity index (χ4n) is 2.12. The summed E-state index contributed by atoms with van der Waals surface area (Å²) in [6.45, 7) is 3.72. The fourth-order valence-corrected chi connectivity index (χ4v) is 3.09. The molecule has 8 nitrogen and oxygen atoms in total. The van der Waals surface area contributed by atoms with Crippen LogP contribution in [0.3, 0.4) is 0 Å². The lowest BCUT2D eigenvalue weighted by Crippen LogP contribution is -2.43. The van der Waals surface area contributed by atoms with Crippen molar-refractivity contribution in [1.29, 1.82) is 0 Å². The maximum absolute atomic E-state index is 12.2. The highest BCUT2D eigenvalue weighted by molar-refractivity contribution is 7.90. The molecule has 23 heavy (non-hydrogen) atoms. The van der Waals surface area contributed by atoms with Crippen molar-refractivity contribution in [2.45, 2.75) is 18.9 Å². The van der Waals surface area contributed by atoms with Gasteiger partial charge in [0.25, 0.3) is 15.9 Å². The van der Waals surface area contributed by atoms with Crippen molar-refractivity contribution in [1.82, 2.24) is 10.2 Å². The molecule has 124 valence electrons. The van der Waals surface area contributed by atoms with Crippen LogP contribution >= 0.6 is 0 Å². The van der Waals surface area contributed by atoms with Crippen LogP contribution < -0.4 is 5.32 Å². The summed E-state index contributed by atoms with van der Waals surface area (Å²) >= 11 is 0. The Kier molecular flexibility index (Phi) is 4.99. The maximum Gasteiger partial charge on any atom is 0.326 e. The first-order valence-electron chi connectivity index (χ1n) is 6.96. The molecule has 0 fully saturated rings. The van der Waals surface area contributed by atoms with Crippen LogP contribution in [0.4, 0.5) is 0 Å². The number of carbonyl (C=O) groups is 2. The first kappa shape index (κ1) is 16.9. The molecule has 0 aromatic heterocycles. The van der Waals surface area contributed by atoms with E-state index in [1.807, 2.05) is 0 Å². The van der Waals surface area contributed by atoms with Crippen molar-refractivity contribution in [3.05, 3.63) is 36.6 Å². The summed E-state index contributed by atoms with van der Waals surface area (Å²) in [5.41, 5.74) is 0.244. The fraction of sp³-hybridized carbons (Fsp3) is 0.357. The zero-order valence-corrected chi connectivity index (χ0v) is 13.1. The van der Waals surface area contributed by atoms with Gasteiger partial charge in [0.2, 0.25) is 0 Å². The summed E-state index contributed by atoms with van der Waals surface area (Å²) in [6.07, 6.45) is 6.60. The summed E-state index contributed by atoms with van der Waals surface area (Å²) in [5, 5.41) is 11.6. The summed E-state index contributed by atoms with van der Waals surface area (Å²) in [5.74, 6) is -1.54. The van der Waals surface area contributed by atoms with Gasteiger partial charge in [-0.2, -0.15) is 0 Å². The highest BCUT2D eigenvalue weighted by Gasteiger charge is 2.26. The predicted molar refractivity (Wildman–Crippen MR) is 84.1 cm³/mol. The van der Waals surface area contributed by atoms with Gasteiger partial charge in [0.1, 0.15) is 11.9 Å². The second kappa shape index (κ2) is 6.78. The molecule has 0 bridgehead atoms. The van der Waals surface area contributed by atoms with Gasteiger partial charge >= 0.3 is 5.97 Å². The van der Waals surface area contributed by atoms with Crippen LogP contribution in [0.15, 0.2) is 41.0 Å². The third-order valence-electron chi connectivity index (χ3n) is 3.35. The van der Waals surface area contributed by atoms with Gasteiger partial charge in [0.15, 0.2) is 0 Å². The Bertz CT molecular complexity index is 721. The Balaban J connectivity index is 2.10. The molecule has 1 atom stereocenters. The van der Waals surface area contributed by atoms with Gasteiger partial charge in [-0.15, -0.1) is 11.0 Å². The number of fused-ring (bicyclic) bond motifs is 1. The van der Waals surface area contributed by atoms with E-state index in [2.05, 4.69) is 16.3 Å². The van der Waals surface area contributed by atoms with Gasteiger partial charge in [-0.25, -0.2) is 13.2 Å². The van der Waals surface area contributed by atoms with E-state index in [4.69, 9.17) is 5.11 Å². The number of amidine groups is 1. The lowest BCUT2D eigenvalue weighted by atomic mass is 10.1. The van der Waals surface area contributed by atoms with E-state index in [1.165, 1.54) is 18.4 Å². The Morgan fingerprint density at radius 1 is 1.48 bits per heavy atom. The molecular weight excluding hydrogens is 322 g/mol. The highest BCUT2D eigenvalue weighted by atomic mass is 32.2. The molecule has 0 aromatic rings. The largest absolute Gasteiger partial charge is 0.480 e. The molecule has 2 heterocycles. The van der Waals surface area contributed by atoms with Gasteiger partial charge in [0, 0.05) is 12.7 Å². The van der Waals surface area contributed by atoms with Crippen LogP contribution in [0, 0.1) is 0 Å². The molecular formula is C14H17N3O5S. The SMILES string of the molecule is C=CCCC(NC(=O)C1=CN2CCS(=O)(=O)N=C2C=C1)C(=O)O. The van der Waals surface area contributed by atoms with E-state index in [1.54, 1.807) is 11.0 Å². The summed E-state index contributed by atoms with van der Waals surface area (Å²) in [4.78, 5) is 24.9. The lowest BCUT2D eigenvalue weighted by Gasteiger charge is -2.27. The standard InChI is InChI=1S/C14H17N3O5S/c1-2-3-4-11(14(19)20)15-13(18)10-5-6-12-16-23(21,22)8-7-17(12)9-10/h2,5-6,9,11H,1,3-4,7-8H2,(H,15,18)(H,19,20). The summed E-state index contributed by atoms with van der Waals surface area (Å²) in [7, 11) is -3.45. The number of nitrogens with one attached hydrogen (secondary N) is 1. The molecule has 2 aliphatic heterocycles. The molecule has 9 heteroatoms. The number of sulfonamides is 1. The second-order valence-corrected chi connectivity index (χ2v) is 6.83. The normalized spacial score (nSPS) is 19.9. The molecule has 0 aliphatic carbocycles. The molecule has 1 amide bonds. The number of allylic oxidation sites excluding steroid dienone is 1. The van der Waals surface area contributed by atoms with Crippen molar-refractivity contribution < 1.29 is 23.1 Å². The van der Waals surface area contributed by atoms with Crippen LogP contribution in [0.5, 0.6) is 0 Å². The van der Waals surface area contributed by atoms with Gasteiger partial charge in [-0.1, -0.05) is 6.08 Å². The number of amides is 1. The van der Waals surface area contributed by atoms with Crippen molar-refractivity contribution in [2.75, 3.05) is 12.3 Å². The molecule has 0 spiro atoms. The minimum Gasteiger partial charge on any atom is -0.480 e. The van der Waals surface area contributed by atoms with Gasteiger partial charge in [0.05, 0.1) is 11.3 Å². The van der Waals surface area contributed by atoms with E-state index in [-0.39, 0.29) is 30.1 Å². The summed E-state index contributed by atoms with van der Waals surface area (Å²) in [6, 6.07) is -1.01. The van der Waals surface area contributed by atoms with Crippen LogP contribution in [0.2, 0.25) is 0 Å². The number of carbonyl (C=O) groups excluding carboxylic acids is 1. The van der Waals surface area contributed by atoms with Crippen molar-refractivity contribution in [2.24, 2.45) is 4.40 Å². The van der Waals surface area contributed by atoms with E-state index in [0.717, 1.165) is 0 Å². The number of nitrogens with zero attached hydrogens (tertiary/aromatic N) is 2. The third kappa shape index (κ3) is 4.28. The molecule has 2 N–H and O–H groups in total. The Morgan fingerprint density at radius 3 is 2.87 bits per heavy atom. The molecule has 1 unspecified atom stereocenters. The first-order valence-corrected chi connectivity index (χ1v) is 8.57. The zero-order valence-electron chi connectivity index (χ0n) is 12.3. The summed E-state index contributed by atoms with van der Waals surface area (Å²) < 4.78 is 26.4. The van der Waals surface area contributed by atoms with Gasteiger partial charge in [-0.3, -0.25) is 4.79 Å². The van der Waals surface area contributed by atoms with Gasteiger partial charge < -0.3 is 15.3 Å². The number of hydrogen-bond donors (Lipinski definition) is 2. The number of aliphatic carboxylic acids is 1. The maximum atomic E-state index is 12.2. The Labute approximate surface area is 133 Å². The lowest BCUT2D eigenvalue weighted by molar-refractivity contribution is -0.141.